The van der Waals surface area contributed by atoms with Crippen LogP contribution in [0.15, 0.2) is 30.8 Å². The van der Waals surface area contributed by atoms with Crippen molar-refractivity contribution in [2.75, 3.05) is 13.1 Å². The van der Waals surface area contributed by atoms with Gasteiger partial charge in [0.05, 0.1) is 0 Å². The molecule has 0 aliphatic carbocycles. The van der Waals surface area contributed by atoms with Crippen molar-refractivity contribution in [3.8, 4) is 0 Å². The molecule has 1 nitrogen and oxygen atoms in total. The summed E-state index contributed by atoms with van der Waals surface area (Å²) in [5, 5.41) is 0. The van der Waals surface area contributed by atoms with Gasteiger partial charge in [0.2, 0.25) is 0 Å². The predicted octanol–water partition coefficient (Wildman–Crippen LogP) is 3.75. The molecule has 17 heavy (non-hydrogen) atoms. The van der Waals surface area contributed by atoms with E-state index in [1.54, 1.807) is 0 Å². The molecule has 1 unspecified atom stereocenters. The molecule has 92 valence electrons. The lowest BCUT2D eigenvalue weighted by Gasteiger charge is -2.33. The Morgan fingerprint density at radius 1 is 1.29 bits per heavy atom. The number of benzene rings is 1. The number of piperidine rings is 1. The van der Waals surface area contributed by atoms with Crippen LogP contribution in [0.5, 0.6) is 0 Å². The van der Waals surface area contributed by atoms with Gasteiger partial charge in [-0.25, -0.2) is 0 Å². The zero-order valence-electron chi connectivity index (χ0n) is 10.9. The number of hydrogen-bond donors (Lipinski definition) is 0. The fourth-order valence-electron chi connectivity index (χ4n) is 2.58. The van der Waals surface area contributed by atoms with Gasteiger partial charge in [0.1, 0.15) is 0 Å². The van der Waals surface area contributed by atoms with Crippen molar-refractivity contribution < 1.29 is 0 Å². The summed E-state index contributed by atoms with van der Waals surface area (Å²) >= 11 is 0. The lowest BCUT2D eigenvalue weighted by molar-refractivity contribution is 0.163. The van der Waals surface area contributed by atoms with Crippen LogP contribution in [0.3, 0.4) is 0 Å². The van der Waals surface area contributed by atoms with Gasteiger partial charge in [-0.3, -0.25) is 0 Å². The van der Waals surface area contributed by atoms with Crippen LogP contribution in [0.25, 0.3) is 6.08 Å². The van der Waals surface area contributed by atoms with E-state index in [1.165, 1.54) is 49.9 Å². The zero-order chi connectivity index (χ0) is 12.1. The van der Waals surface area contributed by atoms with Crippen LogP contribution in [0.2, 0.25) is 0 Å². The van der Waals surface area contributed by atoms with Gasteiger partial charge in [-0.05, 0) is 43.9 Å². The van der Waals surface area contributed by atoms with E-state index in [0.717, 1.165) is 6.04 Å². The predicted molar refractivity (Wildman–Crippen MR) is 75.1 cm³/mol. The van der Waals surface area contributed by atoms with Crippen LogP contribution in [0.1, 0.15) is 37.3 Å². The lowest BCUT2D eigenvalue weighted by atomic mass is 10.0. The normalized spacial score (nSPS) is 21.4. The van der Waals surface area contributed by atoms with Gasteiger partial charge in [0.15, 0.2) is 0 Å². The summed E-state index contributed by atoms with van der Waals surface area (Å²) in [7, 11) is 0. The van der Waals surface area contributed by atoms with E-state index >= 15 is 0 Å². The molecule has 0 N–H and O–H groups in total. The van der Waals surface area contributed by atoms with Gasteiger partial charge in [-0.15, -0.1) is 0 Å². The average Bonchev–Trinajstić information content (AvgIpc) is 2.38. The number of rotatable bonds is 4. The Labute approximate surface area is 105 Å². The SMILES string of the molecule is C=Cc1ccc(CCN2CCCCC2C)cc1. The number of nitrogens with zero attached hydrogens (tertiary/aromatic N) is 1. The van der Waals surface area contributed by atoms with E-state index < -0.39 is 0 Å². The minimum Gasteiger partial charge on any atom is -0.300 e. The van der Waals surface area contributed by atoms with Crippen molar-refractivity contribution in [1.29, 1.82) is 0 Å². The van der Waals surface area contributed by atoms with Crippen molar-refractivity contribution in [2.45, 2.75) is 38.6 Å². The second kappa shape index (κ2) is 6.02. The highest BCUT2D eigenvalue weighted by Gasteiger charge is 2.17. The maximum Gasteiger partial charge on any atom is 0.00670 e. The smallest absolute Gasteiger partial charge is 0.00670 e. The summed E-state index contributed by atoms with van der Waals surface area (Å²) in [5.74, 6) is 0. The van der Waals surface area contributed by atoms with Crippen LogP contribution in [-0.2, 0) is 6.42 Å². The first-order valence-corrected chi connectivity index (χ1v) is 6.75. The first-order valence-electron chi connectivity index (χ1n) is 6.75. The van der Waals surface area contributed by atoms with Crippen molar-refractivity contribution in [1.82, 2.24) is 4.90 Å². The average molecular weight is 229 g/mol. The molecule has 1 fully saturated rings. The van der Waals surface area contributed by atoms with E-state index in [4.69, 9.17) is 0 Å². The fraction of sp³-hybridized carbons (Fsp3) is 0.500. The Morgan fingerprint density at radius 3 is 2.71 bits per heavy atom. The molecule has 0 aromatic heterocycles. The molecule has 2 rings (SSSR count). The van der Waals surface area contributed by atoms with Gasteiger partial charge >= 0.3 is 0 Å². The molecule has 1 aliphatic heterocycles. The van der Waals surface area contributed by atoms with Gasteiger partial charge < -0.3 is 4.90 Å². The van der Waals surface area contributed by atoms with Crippen LogP contribution in [0.4, 0.5) is 0 Å². The lowest BCUT2D eigenvalue weighted by Crippen LogP contribution is -2.38. The Bertz CT molecular complexity index is 352. The summed E-state index contributed by atoms with van der Waals surface area (Å²) in [4.78, 5) is 2.63. The van der Waals surface area contributed by atoms with Crippen LogP contribution in [-0.4, -0.2) is 24.0 Å². The Kier molecular flexibility index (Phi) is 4.38. The third-order valence-electron chi connectivity index (χ3n) is 3.84. The molecule has 0 radical (unpaired) electrons. The molecule has 0 saturated carbocycles. The maximum absolute atomic E-state index is 3.78. The van der Waals surface area contributed by atoms with E-state index in [1.807, 2.05) is 6.08 Å². The summed E-state index contributed by atoms with van der Waals surface area (Å²) in [6.07, 6.45) is 7.22. The third kappa shape index (κ3) is 3.44. The Morgan fingerprint density at radius 2 is 2.06 bits per heavy atom. The molecule has 1 saturated heterocycles. The van der Waals surface area contributed by atoms with Crippen molar-refractivity contribution >= 4 is 6.08 Å². The number of likely N-dealkylation sites (tertiary alicyclic amines) is 1. The topological polar surface area (TPSA) is 3.24 Å². The summed E-state index contributed by atoms with van der Waals surface area (Å²) in [5.41, 5.74) is 2.65. The minimum absolute atomic E-state index is 0.774. The van der Waals surface area contributed by atoms with Crippen LogP contribution in [0, 0.1) is 0 Å². The van der Waals surface area contributed by atoms with Crippen LogP contribution < -0.4 is 0 Å². The molecule has 1 heterocycles. The Balaban J connectivity index is 1.85. The van der Waals surface area contributed by atoms with Crippen molar-refractivity contribution in [2.24, 2.45) is 0 Å². The first-order chi connectivity index (χ1) is 8.29. The molecule has 1 aliphatic rings. The highest BCUT2D eigenvalue weighted by atomic mass is 15.1. The summed E-state index contributed by atoms with van der Waals surface area (Å²) in [6.45, 7) is 8.63. The van der Waals surface area contributed by atoms with Gasteiger partial charge in [0.25, 0.3) is 0 Å². The van der Waals surface area contributed by atoms with E-state index in [0.29, 0.717) is 0 Å². The largest absolute Gasteiger partial charge is 0.300 e. The molecule has 0 bridgehead atoms. The van der Waals surface area contributed by atoms with Gasteiger partial charge in [-0.2, -0.15) is 0 Å². The molecule has 1 heteroatoms. The molecule has 0 amide bonds. The van der Waals surface area contributed by atoms with E-state index in [-0.39, 0.29) is 0 Å². The zero-order valence-corrected chi connectivity index (χ0v) is 10.9. The third-order valence-corrected chi connectivity index (χ3v) is 3.84. The molecule has 1 aromatic carbocycles. The molecule has 0 spiro atoms. The highest BCUT2D eigenvalue weighted by molar-refractivity contribution is 5.47. The molecule has 1 atom stereocenters. The Hall–Kier alpha value is -1.08. The quantitative estimate of drug-likeness (QED) is 0.760. The molecular weight excluding hydrogens is 206 g/mol. The van der Waals surface area contributed by atoms with Gasteiger partial charge in [-0.1, -0.05) is 43.3 Å². The number of hydrogen-bond acceptors (Lipinski definition) is 1. The molecule has 1 aromatic rings. The van der Waals surface area contributed by atoms with Crippen molar-refractivity contribution in [3.05, 3.63) is 42.0 Å². The summed E-state index contributed by atoms with van der Waals surface area (Å²) in [6, 6.07) is 9.54. The first kappa shape index (κ1) is 12.4. The van der Waals surface area contributed by atoms with Gasteiger partial charge in [0, 0.05) is 12.6 Å². The minimum atomic E-state index is 0.774. The monoisotopic (exact) mass is 229 g/mol. The molecular formula is C16H23N. The standard InChI is InChI=1S/C16H23N/c1-3-15-7-9-16(10-8-15)11-13-17-12-5-4-6-14(17)2/h3,7-10,14H,1,4-6,11-13H2,2H3. The maximum atomic E-state index is 3.78. The summed E-state index contributed by atoms with van der Waals surface area (Å²) < 4.78 is 0. The fourth-order valence-corrected chi connectivity index (χ4v) is 2.58. The second-order valence-corrected chi connectivity index (χ2v) is 5.08. The van der Waals surface area contributed by atoms with E-state index in [2.05, 4.69) is 42.7 Å². The highest BCUT2D eigenvalue weighted by Crippen LogP contribution is 2.17. The van der Waals surface area contributed by atoms with Crippen LogP contribution >= 0.6 is 0 Å². The van der Waals surface area contributed by atoms with E-state index in [9.17, 15) is 0 Å². The second-order valence-electron chi connectivity index (χ2n) is 5.08. The van der Waals surface area contributed by atoms with Crippen molar-refractivity contribution in [3.63, 3.8) is 0 Å².